The Labute approximate surface area is 152 Å². The van der Waals surface area contributed by atoms with Crippen LogP contribution in [-0.4, -0.2) is 36.6 Å². The van der Waals surface area contributed by atoms with E-state index < -0.39 is 5.97 Å². The summed E-state index contributed by atoms with van der Waals surface area (Å²) in [5, 5.41) is 7.95. The van der Waals surface area contributed by atoms with Crippen LogP contribution in [0.3, 0.4) is 0 Å². The molecule has 0 saturated heterocycles. The van der Waals surface area contributed by atoms with Crippen molar-refractivity contribution in [1.29, 1.82) is 0 Å². The van der Waals surface area contributed by atoms with Crippen molar-refractivity contribution in [2.45, 2.75) is 20.5 Å². The van der Waals surface area contributed by atoms with Crippen LogP contribution in [0.15, 0.2) is 53.0 Å². The van der Waals surface area contributed by atoms with E-state index in [2.05, 4.69) is 15.3 Å². The second-order valence-corrected chi connectivity index (χ2v) is 5.40. The highest BCUT2D eigenvalue weighted by Crippen LogP contribution is 2.18. The number of hydrogen-bond donors (Lipinski definition) is 0. The highest BCUT2D eigenvalue weighted by molar-refractivity contribution is 6.43. The minimum Gasteiger partial charge on any atom is -0.464 e. The normalized spacial score (nSPS) is 11.8. The predicted octanol–water partition coefficient (Wildman–Crippen LogP) is 2.85. The van der Waals surface area contributed by atoms with E-state index in [1.54, 1.807) is 18.5 Å². The van der Waals surface area contributed by atoms with E-state index in [0.29, 0.717) is 5.56 Å². The van der Waals surface area contributed by atoms with Crippen LogP contribution in [0.4, 0.5) is 0 Å². The van der Waals surface area contributed by atoms with Crippen molar-refractivity contribution in [3.8, 4) is 0 Å². The van der Waals surface area contributed by atoms with Crippen LogP contribution in [-0.2, 0) is 25.8 Å². The quantitative estimate of drug-likeness (QED) is 0.433. The average molecular weight is 355 g/mol. The van der Waals surface area contributed by atoms with Crippen LogP contribution in [0.25, 0.3) is 0 Å². The molecule has 0 unspecified atom stereocenters. The lowest BCUT2D eigenvalue weighted by atomic mass is 9.99. The fourth-order valence-corrected chi connectivity index (χ4v) is 2.34. The molecule has 0 saturated carbocycles. The van der Waals surface area contributed by atoms with Crippen molar-refractivity contribution in [3.05, 3.63) is 65.0 Å². The molecule has 0 atom stereocenters. The number of carbonyl (C=O) groups excluding carboxylic acids is 1. The Balaban J connectivity index is 2.27. The summed E-state index contributed by atoms with van der Waals surface area (Å²) in [5.74, 6) is -0.588. The van der Waals surface area contributed by atoms with Gasteiger partial charge in [-0.15, -0.1) is 0 Å². The van der Waals surface area contributed by atoms with Gasteiger partial charge in [0.05, 0.1) is 12.8 Å². The van der Waals surface area contributed by atoms with Gasteiger partial charge in [-0.05, 0) is 31.5 Å². The van der Waals surface area contributed by atoms with E-state index in [1.165, 1.54) is 14.2 Å². The standard InChI is InChI=1S/C19H21N3O4/c1-13-6-5-7-16(18(22-25-4)19(23)24-3)17(13)12-26-21-14(2)15-8-10-20-11-9-15/h5-11H,12H2,1-4H3/b21-14+,22-18+. The second-order valence-electron chi connectivity index (χ2n) is 5.40. The number of pyridine rings is 1. The monoisotopic (exact) mass is 355 g/mol. The number of oxime groups is 2. The number of rotatable bonds is 7. The van der Waals surface area contributed by atoms with Gasteiger partial charge in [0.1, 0.15) is 13.7 Å². The third kappa shape index (κ3) is 4.66. The maximum absolute atomic E-state index is 12.0. The second kappa shape index (κ2) is 9.31. The predicted molar refractivity (Wildman–Crippen MR) is 98.0 cm³/mol. The lowest BCUT2D eigenvalue weighted by Gasteiger charge is -2.12. The van der Waals surface area contributed by atoms with Crippen molar-refractivity contribution < 1.29 is 19.2 Å². The molecule has 136 valence electrons. The van der Waals surface area contributed by atoms with Gasteiger partial charge in [-0.25, -0.2) is 4.79 Å². The highest BCUT2D eigenvalue weighted by atomic mass is 16.6. The number of ether oxygens (including phenoxy) is 1. The van der Waals surface area contributed by atoms with Crippen molar-refractivity contribution >= 4 is 17.4 Å². The topological polar surface area (TPSA) is 82.4 Å². The maximum atomic E-state index is 12.0. The minimum absolute atomic E-state index is 0.0761. The first-order valence-corrected chi connectivity index (χ1v) is 7.93. The Hall–Kier alpha value is -3.22. The Bertz CT molecular complexity index is 817. The zero-order valence-corrected chi connectivity index (χ0v) is 15.2. The summed E-state index contributed by atoms with van der Waals surface area (Å²) in [6.07, 6.45) is 3.38. The SMILES string of the molecule is CO/N=C(/C(=O)OC)c1cccc(C)c1CO/N=C(\C)c1ccncc1. The molecule has 0 fully saturated rings. The number of methoxy groups -OCH3 is 1. The third-order valence-electron chi connectivity index (χ3n) is 3.74. The lowest BCUT2D eigenvalue weighted by Crippen LogP contribution is -2.20. The smallest absolute Gasteiger partial charge is 0.360 e. The Morgan fingerprint density at radius 2 is 1.85 bits per heavy atom. The summed E-state index contributed by atoms with van der Waals surface area (Å²) < 4.78 is 4.79. The molecule has 1 heterocycles. The molecule has 2 rings (SSSR count). The molecule has 7 nitrogen and oxygen atoms in total. The molecule has 0 N–H and O–H groups in total. The number of aromatic nitrogens is 1. The van der Waals surface area contributed by atoms with E-state index in [4.69, 9.17) is 14.4 Å². The number of esters is 1. The Morgan fingerprint density at radius 1 is 1.12 bits per heavy atom. The molecule has 0 aliphatic rings. The summed E-state index contributed by atoms with van der Waals surface area (Å²) in [5.41, 5.74) is 4.01. The van der Waals surface area contributed by atoms with Gasteiger partial charge in [-0.2, -0.15) is 0 Å². The third-order valence-corrected chi connectivity index (χ3v) is 3.74. The van der Waals surface area contributed by atoms with Gasteiger partial charge in [0, 0.05) is 29.1 Å². The number of benzene rings is 1. The molecule has 0 aliphatic carbocycles. The molecular weight excluding hydrogens is 334 g/mol. The average Bonchev–Trinajstić information content (AvgIpc) is 2.67. The summed E-state index contributed by atoms with van der Waals surface area (Å²) in [7, 11) is 2.67. The maximum Gasteiger partial charge on any atom is 0.360 e. The van der Waals surface area contributed by atoms with Crippen molar-refractivity contribution in [2.24, 2.45) is 10.3 Å². The lowest BCUT2D eigenvalue weighted by molar-refractivity contribution is -0.132. The first kappa shape index (κ1) is 19.1. The van der Waals surface area contributed by atoms with Gasteiger partial charge in [-0.1, -0.05) is 28.5 Å². The Morgan fingerprint density at radius 3 is 2.50 bits per heavy atom. The van der Waals surface area contributed by atoms with Crippen LogP contribution >= 0.6 is 0 Å². The summed E-state index contributed by atoms with van der Waals surface area (Å²) in [6, 6.07) is 9.21. The molecule has 1 aromatic carbocycles. The summed E-state index contributed by atoms with van der Waals surface area (Å²) >= 11 is 0. The molecule has 2 aromatic rings. The zero-order valence-electron chi connectivity index (χ0n) is 15.2. The van der Waals surface area contributed by atoms with Crippen LogP contribution < -0.4 is 0 Å². The van der Waals surface area contributed by atoms with E-state index >= 15 is 0 Å². The number of nitrogens with zero attached hydrogens (tertiary/aromatic N) is 3. The first-order valence-electron chi connectivity index (χ1n) is 7.93. The van der Waals surface area contributed by atoms with Crippen LogP contribution in [0.5, 0.6) is 0 Å². The van der Waals surface area contributed by atoms with Gasteiger partial charge >= 0.3 is 5.97 Å². The van der Waals surface area contributed by atoms with Crippen LogP contribution in [0.1, 0.15) is 29.2 Å². The van der Waals surface area contributed by atoms with Crippen molar-refractivity contribution in [3.63, 3.8) is 0 Å². The fourth-order valence-electron chi connectivity index (χ4n) is 2.34. The van der Waals surface area contributed by atoms with Gasteiger partial charge in [0.25, 0.3) is 0 Å². The zero-order chi connectivity index (χ0) is 18.9. The number of aryl methyl sites for hydroxylation is 1. The molecular formula is C19H21N3O4. The minimum atomic E-state index is -0.588. The number of hydrogen-bond acceptors (Lipinski definition) is 7. The van der Waals surface area contributed by atoms with Crippen molar-refractivity contribution in [1.82, 2.24) is 4.98 Å². The largest absolute Gasteiger partial charge is 0.464 e. The van der Waals surface area contributed by atoms with Gasteiger partial charge in [0.2, 0.25) is 0 Å². The van der Waals surface area contributed by atoms with Crippen molar-refractivity contribution in [2.75, 3.05) is 14.2 Å². The molecule has 0 aliphatic heterocycles. The van der Waals surface area contributed by atoms with E-state index in [1.807, 2.05) is 38.1 Å². The van der Waals surface area contributed by atoms with Gasteiger partial charge < -0.3 is 14.4 Å². The first-order chi connectivity index (χ1) is 12.6. The van der Waals surface area contributed by atoms with E-state index in [0.717, 1.165) is 22.4 Å². The molecule has 7 heteroatoms. The molecule has 0 amide bonds. The van der Waals surface area contributed by atoms with Crippen LogP contribution in [0, 0.1) is 6.92 Å². The summed E-state index contributed by atoms with van der Waals surface area (Å²) in [6.45, 7) is 3.94. The molecule has 0 spiro atoms. The van der Waals surface area contributed by atoms with Gasteiger partial charge in [0.15, 0.2) is 5.71 Å². The van der Waals surface area contributed by atoms with Gasteiger partial charge in [-0.3, -0.25) is 4.98 Å². The summed E-state index contributed by atoms with van der Waals surface area (Å²) in [4.78, 5) is 26.3. The van der Waals surface area contributed by atoms with E-state index in [-0.39, 0.29) is 12.3 Å². The van der Waals surface area contributed by atoms with E-state index in [9.17, 15) is 4.79 Å². The van der Waals surface area contributed by atoms with Crippen LogP contribution in [0.2, 0.25) is 0 Å². The molecule has 0 bridgehead atoms. The highest BCUT2D eigenvalue weighted by Gasteiger charge is 2.20. The fraction of sp³-hybridized carbons (Fsp3) is 0.263. The molecule has 1 aromatic heterocycles. The molecule has 0 radical (unpaired) electrons. The number of carbonyl (C=O) groups is 1. The Kier molecular flexibility index (Phi) is 6.84. The molecule has 26 heavy (non-hydrogen) atoms.